The monoisotopic (exact) mass is 419 g/mol. The number of nitrogens with zero attached hydrogens (tertiary/aromatic N) is 3. The molecule has 1 aromatic carbocycles. The van der Waals surface area contributed by atoms with Gasteiger partial charge in [0.05, 0.1) is 6.54 Å². The molecule has 0 saturated carbocycles. The van der Waals surface area contributed by atoms with Crippen LogP contribution in [0.25, 0.3) is 0 Å². The molecule has 2 aliphatic heterocycles. The summed E-state index contributed by atoms with van der Waals surface area (Å²) < 4.78 is 19.1. The number of benzene rings is 1. The fourth-order valence-corrected chi connectivity index (χ4v) is 4.53. The molecule has 0 amide bonds. The maximum Gasteiger partial charge on any atom is 0.191 e. The molecule has 2 fully saturated rings. The van der Waals surface area contributed by atoms with E-state index in [0.29, 0.717) is 6.04 Å². The van der Waals surface area contributed by atoms with Gasteiger partial charge < -0.3 is 25.2 Å². The molecule has 1 unspecified atom stereocenters. The molecule has 3 rings (SSSR count). The summed E-state index contributed by atoms with van der Waals surface area (Å²) in [5.74, 6) is 0.709. The first-order chi connectivity index (χ1) is 14.4. The lowest BCUT2D eigenvalue weighted by atomic mass is 9.89. The highest BCUT2D eigenvalue weighted by atomic mass is 19.1. The van der Waals surface area contributed by atoms with Crippen LogP contribution in [0.4, 0.5) is 10.1 Å². The normalized spacial score (nSPS) is 22.3. The first kappa shape index (κ1) is 22.8. The summed E-state index contributed by atoms with van der Waals surface area (Å²) in [5, 5.41) is 7.08. The van der Waals surface area contributed by atoms with Gasteiger partial charge in [-0.05, 0) is 77.4 Å². The van der Waals surface area contributed by atoms with Crippen LogP contribution in [0.15, 0.2) is 23.2 Å². The van der Waals surface area contributed by atoms with Gasteiger partial charge in [0, 0.05) is 50.1 Å². The van der Waals surface area contributed by atoms with Crippen molar-refractivity contribution in [3.05, 3.63) is 29.6 Å². The fourth-order valence-electron chi connectivity index (χ4n) is 4.53. The van der Waals surface area contributed by atoms with E-state index in [1.807, 2.05) is 13.0 Å². The summed E-state index contributed by atoms with van der Waals surface area (Å²) in [6.07, 6.45) is 4.22. The number of nitrogens with one attached hydrogen (secondary N) is 2. The van der Waals surface area contributed by atoms with E-state index in [9.17, 15) is 4.39 Å². The van der Waals surface area contributed by atoms with Gasteiger partial charge in [-0.25, -0.2) is 4.39 Å². The van der Waals surface area contributed by atoms with E-state index in [1.54, 1.807) is 12.1 Å². The lowest BCUT2D eigenvalue weighted by molar-refractivity contribution is -0.00255. The Balaban J connectivity index is 1.67. The van der Waals surface area contributed by atoms with Crippen molar-refractivity contribution in [3.8, 4) is 0 Å². The number of rotatable bonds is 6. The topological polar surface area (TPSA) is 52.1 Å². The van der Waals surface area contributed by atoms with E-state index in [1.165, 1.54) is 0 Å². The van der Waals surface area contributed by atoms with Crippen molar-refractivity contribution in [1.29, 1.82) is 0 Å². The SMILES string of the molecule is CCNC(=NCC1(N(C)C)CCOCC1)NC1CCCN(c2ccc(F)cc2C)C1. The Labute approximate surface area is 180 Å². The van der Waals surface area contributed by atoms with Gasteiger partial charge in [-0.1, -0.05) is 0 Å². The highest BCUT2D eigenvalue weighted by Gasteiger charge is 2.34. The molecule has 7 heteroatoms. The minimum atomic E-state index is -0.174. The molecule has 0 radical (unpaired) electrons. The summed E-state index contributed by atoms with van der Waals surface area (Å²) in [6.45, 7) is 9.16. The van der Waals surface area contributed by atoms with Crippen molar-refractivity contribution >= 4 is 11.6 Å². The molecule has 6 nitrogen and oxygen atoms in total. The van der Waals surface area contributed by atoms with E-state index in [-0.39, 0.29) is 11.4 Å². The lowest BCUT2D eigenvalue weighted by Crippen LogP contribution is -2.54. The molecule has 0 spiro atoms. The summed E-state index contributed by atoms with van der Waals surface area (Å²) in [4.78, 5) is 9.65. The van der Waals surface area contributed by atoms with Gasteiger partial charge in [0.15, 0.2) is 5.96 Å². The quantitative estimate of drug-likeness (QED) is 0.549. The first-order valence-corrected chi connectivity index (χ1v) is 11.2. The Bertz CT molecular complexity index is 718. The van der Waals surface area contributed by atoms with Gasteiger partial charge in [0.25, 0.3) is 0 Å². The van der Waals surface area contributed by atoms with Crippen LogP contribution in [0.3, 0.4) is 0 Å². The van der Waals surface area contributed by atoms with Crippen LogP contribution >= 0.6 is 0 Å². The third-order valence-electron chi connectivity index (χ3n) is 6.51. The second-order valence-corrected chi connectivity index (χ2v) is 8.79. The van der Waals surface area contributed by atoms with Crippen LogP contribution in [0, 0.1) is 12.7 Å². The number of ether oxygens (including phenoxy) is 1. The number of likely N-dealkylation sites (N-methyl/N-ethyl adjacent to an activating group) is 1. The average Bonchev–Trinajstić information content (AvgIpc) is 2.73. The molecule has 1 atom stereocenters. The van der Waals surface area contributed by atoms with Crippen molar-refractivity contribution in [2.75, 3.05) is 58.4 Å². The van der Waals surface area contributed by atoms with Gasteiger partial charge in [-0.2, -0.15) is 0 Å². The Morgan fingerprint density at radius 1 is 1.33 bits per heavy atom. The van der Waals surface area contributed by atoms with E-state index in [4.69, 9.17) is 9.73 Å². The van der Waals surface area contributed by atoms with Crippen LogP contribution in [-0.4, -0.2) is 75.9 Å². The highest BCUT2D eigenvalue weighted by molar-refractivity contribution is 5.80. The van der Waals surface area contributed by atoms with Gasteiger partial charge >= 0.3 is 0 Å². The van der Waals surface area contributed by atoms with Crippen molar-refractivity contribution in [2.45, 2.75) is 51.1 Å². The molecule has 0 bridgehead atoms. The van der Waals surface area contributed by atoms with Gasteiger partial charge in [-0.15, -0.1) is 0 Å². The van der Waals surface area contributed by atoms with Crippen LogP contribution in [0.1, 0.15) is 38.2 Å². The van der Waals surface area contributed by atoms with E-state index >= 15 is 0 Å². The number of aryl methyl sites for hydroxylation is 1. The highest BCUT2D eigenvalue weighted by Crippen LogP contribution is 2.27. The predicted octanol–water partition coefficient (Wildman–Crippen LogP) is 2.77. The minimum absolute atomic E-state index is 0.0599. The number of aliphatic imine (C=N–C) groups is 1. The molecule has 2 saturated heterocycles. The van der Waals surface area contributed by atoms with Crippen LogP contribution in [0.5, 0.6) is 0 Å². The van der Waals surface area contributed by atoms with E-state index < -0.39 is 0 Å². The summed E-state index contributed by atoms with van der Waals surface area (Å²) in [5.41, 5.74) is 2.17. The third-order valence-corrected chi connectivity index (χ3v) is 6.51. The van der Waals surface area contributed by atoms with E-state index in [2.05, 4.69) is 41.5 Å². The number of piperidine rings is 1. The zero-order valence-electron chi connectivity index (χ0n) is 19.0. The Kier molecular flexibility index (Phi) is 7.94. The molecule has 0 aromatic heterocycles. The van der Waals surface area contributed by atoms with Crippen LogP contribution in [-0.2, 0) is 4.74 Å². The number of guanidine groups is 1. The standard InChI is InChI=1S/C23H38FN5O/c1-5-25-22(26-17-23(28(3)4)10-13-30-14-11-23)27-20-7-6-12-29(16-20)21-9-8-19(24)15-18(21)2/h8-9,15,20H,5-7,10-14,16-17H2,1-4H3,(H2,25,26,27). The Morgan fingerprint density at radius 3 is 2.77 bits per heavy atom. The van der Waals surface area contributed by atoms with E-state index in [0.717, 1.165) is 82.3 Å². The fraction of sp³-hybridized carbons (Fsp3) is 0.696. The second-order valence-electron chi connectivity index (χ2n) is 8.79. The molecule has 30 heavy (non-hydrogen) atoms. The first-order valence-electron chi connectivity index (χ1n) is 11.2. The zero-order chi connectivity index (χ0) is 21.6. The molecule has 168 valence electrons. The maximum atomic E-state index is 13.5. The number of halogens is 1. The molecule has 2 N–H and O–H groups in total. The van der Waals surface area contributed by atoms with Gasteiger partial charge in [0.1, 0.15) is 5.82 Å². The lowest BCUT2D eigenvalue weighted by Gasteiger charge is -2.42. The largest absolute Gasteiger partial charge is 0.381 e. The van der Waals surface area contributed by atoms with Crippen molar-refractivity contribution in [2.24, 2.45) is 4.99 Å². The summed E-state index contributed by atoms with van der Waals surface area (Å²) >= 11 is 0. The molecule has 0 aliphatic carbocycles. The zero-order valence-corrected chi connectivity index (χ0v) is 19.0. The van der Waals surface area contributed by atoms with Crippen molar-refractivity contribution in [1.82, 2.24) is 15.5 Å². The molecule has 2 aliphatic rings. The third kappa shape index (κ3) is 5.64. The van der Waals surface area contributed by atoms with Gasteiger partial charge in [0.2, 0.25) is 0 Å². The molecule has 1 aromatic rings. The van der Waals surface area contributed by atoms with Crippen LogP contribution < -0.4 is 15.5 Å². The maximum absolute atomic E-state index is 13.5. The van der Waals surface area contributed by atoms with Crippen molar-refractivity contribution in [3.63, 3.8) is 0 Å². The Hall–Kier alpha value is -1.86. The second kappa shape index (κ2) is 10.4. The molecular formula is C23H38FN5O. The van der Waals surface area contributed by atoms with Crippen LogP contribution in [0.2, 0.25) is 0 Å². The predicted molar refractivity (Wildman–Crippen MR) is 122 cm³/mol. The summed E-state index contributed by atoms with van der Waals surface area (Å²) in [6, 6.07) is 5.38. The van der Waals surface area contributed by atoms with Gasteiger partial charge in [-0.3, -0.25) is 4.99 Å². The number of anilines is 1. The number of hydrogen-bond acceptors (Lipinski definition) is 4. The molecular weight excluding hydrogens is 381 g/mol. The molecule has 2 heterocycles. The Morgan fingerprint density at radius 2 is 2.10 bits per heavy atom. The average molecular weight is 420 g/mol. The smallest absolute Gasteiger partial charge is 0.191 e. The summed E-state index contributed by atoms with van der Waals surface area (Å²) in [7, 11) is 4.29. The van der Waals surface area contributed by atoms with Crippen molar-refractivity contribution < 1.29 is 9.13 Å². The minimum Gasteiger partial charge on any atom is -0.381 e. The number of hydrogen-bond donors (Lipinski definition) is 2.